The highest BCUT2D eigenvalue weighted by Crippen LogP contribution is 2.34. The number of benzene rings is 1. The van der Waals surface area contributed by atoms with E-state index in [1.165, 1.54) is 6.42 Å². The van der Waals surface area contributed by atoms with Gasteiger partial charge in [0.05, 0.1) is 0 Å². The molecule has 0 N–H and O–H groups in total. The number of piperidine rings is 1. The number of rotatable bonds is 4. The molecule has 0 radical (unpaired) electrons. The van der Waals surface area contributed by atoms with Gasteiger partial charge in [-0.25, -0.2) is 0 Å². The Morgan fingerprint density at radius 2 is 2.00 bits per heavy atom. The van der Waals surface area contributed by atoms with Gasteiger partial charge in [-0.2, -0.15) is 0 Å². The summed E-state index contributed by atoms with van der Waals surface area (Å²) in [6, 6.07) is 6.44. The Labute approximate surface area is 153 Å². The van der Waals surface area contributed by atoms with Crippen LogP contribution in [0.3, 0.4) is 0 Å². The maximum Gasteiger partial charge on any atom is 0.223 e. The molecule has 136 valence electrons. The van der Waals surface area contributed by atoms with Crippen molar-refractivity contribution in [1.29, 1.82) is 0 Å². The normalized spacial score (nSPS) is 25.7. The largest absolute Gasteiger partial charge is 0.486 e. The first kappa shape index (κ1) is 17.0. The summed E-state index contributed by atoms with van der Waals surface area (Å²) in [7, 11) is 2.18. The molecule has 1 aromatic carbocycles. The van der Waals surface area contributed by atoms with Crippen molar-refractivity contribution >= 4 is 17.7 Å². The van der Waals surface area contributed by atoms with Crippen molar-refractivity contribution in [3.63, 3.8) is 0 Å². The van der Waals surface area contributed by atoms with Crippen LogP contribution in [-0.4, -0.2) is 67.4 Å². The summed E-state index contributed by atoms with van der Waals surface area (Å²) in [5.74, 6) is 3.40. The van der Waals surface area contributed by atoms with Crippen molar-refractivity contribution in [1.82, 2.24) is 9.80 Å². The van der Waals surface area contributed by atoms with Gasteiger partial charge in [0, 0.05) is 42.7 Å². The van der Waals surface area contributed by atoms with E-state index in [-0.39, 0.29) is 0 Å². The van der Waals surface area contributed by atoms with Crippen LogP contribution in [-0.2, 0) is 4.79 Å². The summed E-state index contributed by atoms with van der Waals surface area (Å²) in [6.45, 7) is 4.32. The highest BCUT2D eigenvalue weighted by Gasteiger charge is 2.35. The number of amides is 1. The second-order valence-corrected chi connectivity index (χ2v) is 8.44. The fourth-order valence-corrected chi connectivity index (χ4v) is 5.00. The van der Waals surface area contributed by atoms with E-state index in [9.17, 15) is 4.79 Å². The molecule has 0 unspecified atom stereocenters. The number of hydrogen-bond acceptors (Lipinski definition) is 5. The molecule has 1 amide bonds. The average Bonchev–Trinajstić information content (AvgIpc) is 2.90. The number of thioether (sulfide) groups is 1. The Balaban J connectivity index is 1.30. The molecular weight excluding hydrogens is 336 g/mol. The zero-order valence-electron chi connectivity index (χ0n) is 14.8. The molecule has 0 aliphatic carbocycles. The number of likely N-dealkylation sites (N-methyl/N-ethyl adjacent to an activating group) is 1. The SMILES string of the molecule is CN1C[C@@H]2CC[C@H](C1)N(C(=O)CCSc1ccc3c(c1)OCCO3)C2. The molecule has 4 heterocycles. The van der Waals surface area contributed by atoms with E-state index in [1.54, 1.807) is 11.8 Å². The van der Waals surface area contributed by atoms with Gasteiger partial charge in [-0.05, 0) is 44.0 Å². The fourth-order valence-electron chi connectivity index (χ4n) is 4.14. The molecule has 5 rings (SSSR count). The van der Waals surface area contributed by atoms with Gasteiger partial charge >= 0.3 is 0 Å². The lowest BCUT2D eigenvalue weighted by molar-refractivity contribution is -0.134. The first-order chi connectivity index (χ1) is 12.2. The van der Waals surface area contributed by atoms with Crippen molar-refractivity contribution in [3.05, 3.63) is 18.2 Å². The van der Waals surface area contributed by atoms with Crippen LogP contribution in [0.15, 0.2) is 23.1 Å². The summed E-state index contributed by atoms with van der Waals surface area (Å²) in [4.78, 5) is 18.4. The molecule has 0 saturated carbocycles. The molecule has 6 heteroatoms. The summed E-state index contributed by atoms with van der Waals surface area (Å²) in [5, 5.41) is 0. The second kappa shape index (κ2) is 7.46. The monoisotopic (exact) mass is 362 g/mol. The standard InChI is InChI=1S/C19H26N2O3S/c1-20-11-14-2-3-15(13-20)21(12-14)19(22)6-9-25-16-4-5-17-18(10-16)24-8-7-23-17/h4-5,10,14-15H,2-3,6-9,11-13H2,1H3/t14-,15+/m0/s1. The van der Waals surface area contributed by atoms with Gasteiger partial charge in [0.15, 0.2) is 11.5 Å². The lowest BCUT2D eigenvalue weighted by atomic mass is 9.95. The van der Waals surface area contributed by atoms with Crippen molar-refractivity contribution < 1.29 is 14.3 Å². The smallest absolute Gasteiger partial charge is 0.223 e. The number of fused-ring (bicyclic) bond motifs is 5. The van der Waals surface area contributed by atoms with Gasteiger partial charge in [-0.15, -0.1) is 11.8 Å². The van der Waals surface area contributed by atoms with Crippen molar-refractivity contribution in [3.8, 4) is 11.5 Å². The number of carbonyl (C=O) groups is 1. The third kappa shape index (κ3) is 3.90. The number of carbonyl (C=O) groups excluding carboxylic acids is 1. The van der Waals surface area contributed by atoms with E-state index in [0.29, 0.717) is 37.5 Å². The molecule has 0 spiro atoms. The van der Waals surface area contributed by atoms with Crippen LogP contribution >= 0.6 is 11.8 Å². The van der Waals surface area contributed by atoms with Crippen LogP contribution in [0.4, 0.5) is 0 Å². The molecule has 4 aliphatic heterocycles. The third-order valence-corrected chi connectivity index (χ3v) is 6.31. The lowest BCUT2D eigenvalue weighted by Gasteiger charge is -2.36. The minimum atomic E-state index is 0.315. The minimum Gasteiger partial charge on any atom is -0.486 e. The Morgan fingerprint density at radius 1 is 1.16 bits per heavy atom. The molecule has 4 aliphatic rings. The zero-order valence-corrected chi connectivity index (χ0v) is 15.6. The first-order valence-corrected chi connectivity index (χ1v) is 10.2. The van der Waals surface area contributed by atoms with E-state index in [1.807, 2.05) is 18.2 Å². The fraction of sp³-hybridized carbons (Fsp3) is 0.632. The molecule has 3 saturated heterocycles. The van der Waals surface area contributed by atoms with Crippen LogP contribution in [0.25, 0.3) is 0 Å². The minimum absolute atomic E-state index is 0.315. The molecule has 5 nitrogen and oxygen atoms in total. The van der Waals surface area contributed by atoms with E-state index >= 15 is 0 Å². The predicted octanol–water partition coefficient (Wildman–Crippen LogP) is 2.49. The summed E-state index contributed by atoms with van der Waals surface area (Å²) >= 11 is 1.72. The van der Waals surface area contributed by atoms with E-state index in [2.05, 4.69) is 16.8 Å². The molecule has 1 aromatic rings. The van der Waals surface area contributed by atoms with E-state index in [0.717, 1.165) is 48.2 Å². The van der Waals surface area contributed by atoms with Gasteiger partial charge < -0.3 is 19.3 Å². The highest BCUT2D eigenvalue weighted by molar-refractivity contribution is 7.99. The van der Waals surface area contributed by atoms with Gasteiger partial charge in [-0.1, -0.05) is 0 Å². The quantitative estimate of drug-likeness (QED) is 0.770. The molecule has 25 heavy (non-hydrogen) atoms. The lowest BCUT2D eigenvalue weighted by Crippen LogP contribution is -2.47. The van der Waals surface area contributed by atoms with E-state index < -0.39 is 0 Å². The number of nitrogens with zero attached hydrogens (tertiary/aromatic N) is 2. The molecule has 2 bridgehead atoms. The van der Waals surface area contributed by atoms with Gasteiger partial charge in [0.2, 0.25) is 5.91 Å². The van der Waals surface area contributed by atoms with Crippen molar-refractivity contribution in [2.24, 2.45) is 5.92 Å². The maximum absolute atomic E-state index is 12.7. The number of hydrogen-bond donors (Lipinski definition) is 0. The van der Waals surface area contributed by atoms with Gasteiger partial charge in [0.1, 0.15) is 13.2 Å². The van der Waals surface area contributed by atoms with E-state index in [4.69, 9.17) is 9.47 Å². The second-order valence-electron chi connectivity index (χ2n) is 7.27. The predicted molar refractivity (Wildman–Crippen MR) is 98.5 cm³/mol. The molecule has 0 aromatic heterocycles. The summed E-state index contributed by atoms with van der Waals surface area (Å²) in [5.41, 5.74) is 0. The summed E-state index contributed by atoms with van der Waals surface area (Å²) < 4.78 is 11.2. The zero-order chi connectivity index (χ0) is 17.2. The van der Waals surface area contributed by atoms with Gasteiger partial charge in [0.25, 0.3) is 0 Å². The maximum atomic E-state index is 12.7. The van der Waals surface area contributed by atoms with Crippen molar-refractivity contribution in [2.45, 2.75) is 30.2 Å². The van der Waals surface area contributed by atoms with Crippen LogP contribution in [0.2, 0.25) is 0 Å². The highest BCUT2D eigenvalue weighted by atomic mass is 32.2. The Hall–Kier alpha value is -1.40. The van der Waals surface area contributed by atoms with Crippen LogP contribution in [0.5, 0.6) is 11.5 Å². The van der Waals surface area contributed by atoms with Crippen LogP contribution < -0.4 is 9.47 Å². The first-order valence-electron chi connectivity index (χ1n) is 9.19. The average molecular weight is 362 g/mol. The Bertz CT molecular complexity index is 639. The number of ether oxygens (including phenoxy) is 2. The Kier molecular flexibility index (Phi) is 5.08. The summed E-state index contributed by atoms with van der Waals surface area (Å²) in [6.07, 6.45) is 3.03. The van der Waals surface area contributed by atoms with Crippen LogP contribution in [0.1, 0.15) is 19.3 Å². The Morgan fingerprint density at radius 3 is 2.88 bits per heavy atom. The molecule has 3 fully saturated rings. The molecular formula is C19H26N2O3S. The molecule has 2 atom stereocenters. The van der Waals surface area contributed by atoms with Crippen LogP contribution in [0, 0.1) is 5.92 Å². The van der Waals surface area contributed by atoms with Crippen molar-refractivity contribution in [2.75, 3.05) is 45.6 Å². The third-order valence-electron chi connectivity index (χ3n) is 5.31. The van der Waals surface area contributed by atoms with Gasteiger partial charge in [-0.3, -0.25) is 4.79 Å². The topological polar surface area (TPSA) is 42.0 Å².